The molecule has 0 saturated heterocycles. The van der Waals surface area contributed by atoms with Gasteiger partial charge in [0.2, 0.25) is 0 Å². The van der Waals surface area contributed by atoms with E-state index >= 15 is 0 Å². The van der Waals surface area contributed by atoms with Gasteiger partial charge in [-0.2, -0.15) is 0 Å². The molecule has 0 fully saturated rings. The van der Waals surface area contributed by atoms with Crippen molar-refractivity contribution in [2.24, 2.45) is 0 Å². The lowest BCUT2D eigenvalue weighted by atomic mass is 10.1. The molecule has 0 heterocycles. The Labute approximate surface area is 178 Å². The second-order valence-electron chi connectivity index (χ2n) is 9.49. The van der Waals surface area contributed by atoms with Crippen molar-refractivity contribution in [2.75, 3.05) is 81.6 Å². The molecular formula is C24H54N4. The molecule has 0 spiro atoms. The highest BCUT2D eigenvalue weighted by Crippen LogP contribution is 2.09. The van der Waals surface area contributed by atoms with Crippen LogP contribution < -0.4 is 0 Å². The number of rotatable bonds is 21. The molecule has 0 aromatic rings. The second-order valence-corrected chi connectivity index (χ2v) is 9.49. The van der Waals surface area contributed by atoms with Crippen LogP contribution in [-0.2, 0) is 0 Å². The third kappa shape index (κ3) is 22.1. The van der Waals surface area contributed by atoms with Crippen LogP contribution in [0.4, 0.5) is 0 Å². The maximum atomic E-state index is 2.77. The van der Waals surface area contributed by atoms with Crippen LogP contribution >= 0.6 is 0 Å². The van der Waals surface area contributed by atoms with E-state index in [0.717, 1.165) is 0 Å². The summed E-state index contributed by atoms with van der Waals surface area (Å²) in [5, 5.41) is 0. The zero-order chi connectivity index (χ0) is 21.0. The molecule has 0 aliphatic carbocycles. The van der Waals surface area contributed by atoms with Crippen molar-refractivity contribution < 1.29 is 0 Å². The molecule has 0 N–H and O–H groups in total. The van der Waals surface area contributed by atoms with Gasteiger partial charge >= 0.3 is 0 Å². The van der Waals surface area contributed by atoms with Crippen molar-refractivity contribution in [3.05, 3.63) is 0 Å². The van der Waals surface area contributed by atoms with Crippen LogP contribution in [0.1, 0.15) is 77.0 Å². The molecule has 0 amide bonds. The van der Waals surface area contributed by atoms with Crippen molar-refractivity contribution >= 4 is 0 Å². The average molecular weight is 399 g/mol. The summed E-state index contributed by atoms with van der Waals surface area (Å²) in [5.74, 6) is 0. The van der Waals surface area contributed by atoms with Gasteiger partial charge in [-0.1, -0.05) is 38.5 Å². The monoisotopic (exact) mass is 398 g/mol. The first-order valence-corrected chi connectivity index (χ1v) is 12.1. The van der Waals surface area contributed by atoms with Crippen LogP contribution in [0.5, 0.6) is 0 Å². The Morgan fingerprint density at radius 1 is 0.286 bits per heavy atom. The molecule has 28 heavy (non-hydrogen) atoms. The fourth-order valence-electron chi connectivity index (χ4n) is 3.69. The molecule has 0 unspecified atom stereocenters. The summed E-state index contributed by atoms with van der Waals surface area (Å²) in [7, 11) is 13.1. The molecular weight excluding hydrogens is 344 g/mol. The first-order valence-electron chi connectivity index (χ1n) is 12.1. The third-order valence-corrected chi connectivity index (χ3v) is 5.49. The summed E-state index contributed by atoms with van der Waals surface area (Å²) in [6, 6.07) is 0. The van der Waals surface area contributed by atoms with Gasteiger partial charge in [-0.3, -0.25) is 0 Å². The number of nitrogens with zero attached hydrogens (tertiary/aromatic N) is 4. The van der Waals surface area contributed by atoms with E-state index in [1.54, 1.807) is 0 Å². The lowest BCUT2D eigenvalue weighted by Crippen LogP contribution is -2.27. The summed E-state index contributed by atoms with van der Waals surface area (Å²) in [6.45, 7) is 7.67. The van der Waals surface area contributed by atoms with Crippen molar-refractivity contribution in [1.82, 2.24) is 19.6 Å². The first kappa shape index (κ1) is 27.8. The van der Waals surface area contributed by atoms with E-state index in [0.29, 0.717) is 0 Å². The van der Waals surface area contributed by atoms with Crippen LogP contribution in [-0.4, -0.2) is 101 Å². The molecule has 0 aliphatic heterocycles. The predicted molar refractivity (Wildman–Crippen MR) is 128 cm³/mol. The van der Waals surface area contributed by atoms with Crippen LogP contribution in [0.25, 0.3) is 0 Å². The van der Waals surface area contributed by atoms with Crippen molar-refractivity contribution in [2.45, 2.75) is 77.0 Å². The first-order chi connectivity index (χ1) is 13.4. The van der Waals surface area contributed by atoms with Crippen LogP contribution in [0.2, 0.25) is 0 Å². The summed E-state index contributed by atoms with van der Waals surface area (Å²) < 4.78 is 0. The molecule has 0 aromatic carbocycles. The van der Waals surface area contributed by atoms with E-state index in [2.05, 4.69) is 61.9 Å². The van der Waals surface area contributed by atoms with Crippen molar-refractivity contribution in [3.63, 3.8) is 0 Å². The van der Waals surface area contributed by atoms with Gasteiger partial charge in [-0.05, 0) is 120 Å². The van der Waals surface area contributed by atoms with Gasteiger partial charge in [0.15, 0.2) is 0 Å². The van der Waals surface area contributed by atoms with Crippen molar-refractivity contribution in [1.29, 1.82) is 0 Å². The Kier molecular flexibility index (Phi) is 20.0. The molecule has 4 nitrogen and oxygen atoms in total. The normalized spacial score (nSPS) is 12.2. The van der Waals surface area contributed by atoms with Gasteiger partial charge in [0.1, 0.15) is 0 Å². The minimum atomic E-state index is 1.24. The topological polar surface area (TPSA) is 13.0 Å². The van der Waals surface area contributed by atoms with Gasteiger partial charge < -0.3 is 19.6 Å². The fourth-order valence-corrected chi connectivity index (χ4v) is 3.69. The zero-order valence-corrected chi connectivity index (χ0v) is 20.5. The largest absolute Gasteiger partial charge is 0.309 e. The van der Waals surface area contributed by atoms with E-state index in [1.165, 1.54) is 116 Å². The van der Waals surface area contributed by atoms with E-state index < -0.39 is 0 Å². The summed E-state index contributed by atoms with van der Waals surface area (Å²) in [5.41, 5.74) is 0. The highest BCUT2D eigenvalue weighted by atomic mass is 15.1. The Hall–Kier alpha value is -0.160. The number of hydrogen-bond donors (Lipinski definition) is 0. The standard InChI is InChI=1S/C24H54N4/c1-25(2)19-13-7-10-16-22-28(23-17-11-8-14-20-26(3)4)24-18-12-9-15-21-27(5)6/h7-24H2,1-6H3. The SMILES string of the molecule is CN(C)CCCCCCN(CCCCCCN(C)C)CCCCCCN(C)C. The van der Waals surface area contributed by atoms with E-state index in [9.17, 15) is 0 Å². The molecule has 4 heteroatoms. The molecule has 0 saturated carbocycles. The van der Waals surface area contributed by atoms with E-state index in [-0.39, 0.29) is 0 Å². The molecule has 0 radical (unpaired) electrons. The Balaban J connectivity index is 3.89. The Morgan fingerprint density at radius 3 is 0.714 bits per heavy atom. The van der Waals surface area contributed by atoms with Gasteiger partial charge in [0, 0.05) is 0 Å². The van der Waals surface area contributed by atoms with E-state index in [4.69, 9.17) is 0 Å². The second kappa shape index (κ2) is 20.1. The Morgan fingerprint density at radius 2 is 0.500 bits per heavy atom. The molecule has 0 bridgehead atoms. The Bertz CT molecular complexity index is 257. The van der Waals surface area contributed by atoms with Crippen LogP contribution in [0.3, 0.4) is 0 Å². The molecule has 0 aromatic heterocycles. The average Bonchev–Trinajstić information content (AvgIpc) is 2.62. The van der Waals surface area contributed by atoms with Crippen LogP contribution in [0.15, 0.2) is 0 Å². The number of hydrogen-bond acceptors (Lipinski definition) is 4. The predicted octanol–water partition coefficient (Wildman–Crippen LogP) is 4.65. The highest BCUT2D eigenvalue weighted by molar-refractivity contribution is 4.61. The fraction of sp³-hybridized carbons (Fsp3) is 1.00. The summed E-state index contributed by atoms with van der Waals surface area (Å²) in [6.07, 6.45) is 16.6. The smallest absolute Gasteiger partial charge is 0.00187 e. The van der Waals surface area contributed by atoms with Gasteiger partial charge in [0.05, 0.1) is 0 Å². The zero-order valence-electron chi connectivity index (χ0n) is 20.5. The maximum absolute atomic E-state index is 2.77. The minimum Gasteiger partial charge on any atom is -0.309 e. The molecule has 0 aliphatic rings. The summed E-state index contributed by atoms with van der Waals surface area (Å²) in [4.78, 5) is 9.68. The lowest BCUT2D eigenvalue weighted by Gasteiger charge is -2.22. The maximum Gasteiger partial charge on any atom is -0.00187 e. The van der Waals surface area contributed by atoms with Crippen molar-refractivity contribution in [3.8, 4) is 0 Å². The van der Waals surface area contributed by atoms with Crippen LogP contribution in [0, 0.1) is 0 Å². The minimum absolute atomic E-state index is 1.24. The van der Waals surface area contributed by atoms with Gasteiger partial charge in [-0.25, -0.2) is 0 Å². The molecule has 170 valence electrons. The lowest BCUT2D eigenvalue weighted by molar-refractivity contribution is 0.252. The molecule has 0 atom stereocenters. The molecule has 0 rings (SSSR count). The van der Waals surface area contributed by atoms with Gasteiger partial charge in [-0.15, -0.1) is 0 Å². The van der Waals surface area contributed by atoms with Gasteiger partial charge in [0.25, 0.3) is 0 Å². The quantitative estimate of drug-likeness (QED) is 0.261. The third-order valence-electron chi connectivity index (χ3n) is 5.49. The summed E-state index contributed by atoms with van der Waals surface area (Å²) >= 11 is 0. The highest BCUT2D eigenvalue weighted by Gasteiger charge is 2.05. The van der Waals surface area contributed by atoms with E-state index in [1.807, 2.05) is 0 Å². The number of unbranched alkanes of at least 4 members (excludes halogenated alkanes) is 9.